The number of fused-ring (bicyclic) bond motifs is 1. The lowest BCUT2D eigenvalue weighted by atomic mass is 9.76. The van der Waals surface area contributed by atoms with Crippen molar-refractivity contribution in [2.45, 2.75) is 26.3 Å². The van der Waals surface area contributed by atoms with Gasteiger partial charge in [-0.05, 0) is 37.5 Å². The van der Waals surface area contributed by atoms with Gasteiger partial charge in [-0.1, -0.05) is 25.3 Å². The lowest BCUT2D eigenvalue weighted by Gasteiger charge is -2.35. The molecule has 1 fully saturated rings. The Morgan fingerprint density at radius 3 is 2.40 bits per heavy atom. The molecule has 0 N–H and O–H groups in total. The first-order chi connectivity index (χ1) is 6.87. The third-order valence-electron chi connectivity index (χ3n) is 3.92. The minimum Gasteiger partial charge on any atom is -0.369 e. The second-order valence-corrected chi connectivity index (χ2v) is 5.10. The molecule has 0 amide bonds. The molecule has 1 heterocycles. The number of rotatable bonds is 0. The van der Waals surface area contributed by atoms with Crippen LogP contribution in [0.25, 0.3) is 0 Å². The van der Waals surface area contributed by atoms with Crippen molar-refractivity contribution in [1.82, 2.24) is 4.90 Å². The molecular weight excluding hydrogens is 182 g/mol. The zero-order valence-corrected chi connectivity index (χ0v) is 10.1. The minimum absolute atomic E-state index is 0.0928. The highest BCUT2D eigenvalue weighted by Crippen LogP contribution is 2.49. The van der Waals surface area contributed by atoms with Gasteiger partial charge in [-0.15, -0.1) is 0 Å². The van der Waals surface area contributed by atoms with E-state index in [4.69, 9.17) is 0 Å². The molecule has 1 heteroatoms. The number of likely N-dealkylation sites (N-methyl/N-ethyl adjacent to an activating group) is 1. The van der Waals surface area contributed by atoms with Crippen molar-refractivity contribution in [2.75, 3.05) is 7.05 Å². The summed E-state index contributed by atoms with van der Waals surface area (Å²) >= 11 is 0. The Kier molecular flexibility index (Phi) is 1.97. The van der Waals surface area contributed by atoms with Gasteiger partial charge in [-0.2, -0.15) is 0 Å². The molecule has 0 aromatic carbocycles. The summed E-state index contributed by atoms with van der Waals surface area (Å²) in [5.74, 6) is 0.403. The standard InChI is InChI=1S/C14H19N/c1-9-7-8-10(2)13-12(9)11(3)15(6)14(13,4)5/h7-8,13H,2-3H2,1,4-6H3. The summed E-state index contributed by atoms with van der Waals surface area (Å²) in [7, 11) is 2.12. The van der Waals surface area contributed by atoms with Crippen LogP contribution in [0.15, 0.2) is 47.7 Å². The average Bonchev–Trinajstić information content (AvgIpc) is 2.34. The highest BCUT2D eigenvalue weighted by Gasteiger charge is 2.46. The van der Waals surface area contributed by atoms with Gasteiger partial charge in [-0.3, -0.25) is 0 Å². The molecule has 0 spiro atoms. The molecule has 2 aliphatic rings. The van der Waals surface area contributed by atoms with E-state index in [1.807, 2.05) is 0 Å². The molecule has 1 nitrogen and oxygen atoms in total. The zero-order valence-electron chi connectivity index (χ0n) is 10.1. The normalized spacial score (nSPS) is 28.8. The summed E-state index contributed by atoms with van der Waals surface area (Å²) in [4.78, 5) is 2.27. The van der Waals surface area contributed by atoms with Gasteiger partial charge in [0.2, 0.25) is 0 Å². The second kappa shape index (κ2) is 2.88. The first-order valence-electron chi connectivity index (χ1n) is 5.38. The smallest absolute Gasteiger partial charge is 0.0452 e. The van der Waals surface area contributed by atoms with E-state index in [-0.39, 0.29) is 5.54 Å². The molecule has 1 aliphatic carbocycles. The Hall–Kier alpha value is -1.24. The predicted octanol–water partition coefficient (Wildman–Crippen LogP) is 3.28. The van der Waals surface area contributed by atoms with Crippen LogP contribution in [0.3, 0.4) is 0 Å². The van der Waals surface area contributed by atoms with Crippen LogP contribution in [0.5, 0.6) is 0 Å². The van der Waals surface area contributed by atoms with Crippen molar-refractivity contribution in [3.8, 4) is 0 Å². The van der Waals surface area contributed by atoms with Crippen LogP contribution in [-0.2, 0) is 0 Å². The van der Waals surface area contributed by atoms with Gasteiger partial charge in [0.1, 0.15) is 0 Å². The summed E-state index contributed by atoms with van der Waals surface area (Å²) in [6, 6.07) is 0. The summed E-state index contributed by atoms with van der Waals surface area (Å²) in [6.07, 6.45) is 4.28. The highest BCUT2D eigenvalue weighted by molar-refractivity contribution is 5.55. The van der Waals surface area contributed by atoms with Crippen LogP contribution in [0.4, 0.5) is 0 Å². The van der Waals surface area contributed by atoms with Crippen molar-refractivity contribution in [2.24, 2.45) is 5.92 Å². The average molecular weight is 201 g/mol. The number of likely N-dealkylation sites (tertiary alicyclic amines) is 1. The SMILES string of the molecule is C=C1C=CC(C)=C2C(=C)N(C)C(C)(C)C12. The maximum absolute atomic E-state index is 4.19. The molecule has 0 radical (unpaired) electrons. The van der Waals surface area contributed by atoms with Gasteiger partial charge in [0.05, 0.1) is 0 Å². The maximum Gasteiger partial charge on any atom is 0.0452 e. The van der Waals surface area contributed by atoms with Gasteiger partial charge in [0.25, 0.3) is 0 Å². The van der Waals surface area contributed by atoms with E-state index in [1.54, 1.807) is 0 Å². The van der Waals surface area contributed by atoms with Crippen molar-refractivity contribution >= 4 is 0 Å². The molecule has 1 saturated heterocycles. The van der Waals surface area contributed by atoms with Gasteiger partial charge in [-0.25, -0.2) is 0 Å². The maximum atomic E-state index is 4.19. The van der Waals surface area contributed by atoms with Gasteiger partial charge in [0, 0.05) is 24.2 Å². The number of allylic oxidation sites excluding steroid dienone is 4. The largest absolute Gasteiger partial charge is 0.369 e. The zero-order chi connectivity index (χ0) is 11.4. The van der Waals surface area contributed by atoms with Gasteiger partial charge in [0.15, 0.2) is 0 Å². The Morgan fingerprint density at radius 1 is 1.27 bits per heavy atom. The molecule has 1 aliphatic heterocycles. The van der Waals surface area contributed by atoms with Gasteiger partial charge >= 0.3 is 0 Å². The van der Waals surface area contributed by atoms with Crippen LogP contribution in [0.1, 0.15) is 20.8 Å². The molecule has 0 aromatic rings. The first kappa shape index (κ1) is 10.3. The van der Waals surface area contributed by atoms with E-state index in [0.717, 1.165) is 5.70 Å². The summed E-state index contributed by atoms with van der Waals surface area (Å²) in [5, 5.41) is 0. The summed E-state index contributed by atoms with van der Waals surface area (Å²) in [6.45, 7) is 15.0. The van der Waals surface area contributed by atoms with Crippen LogP contribution >= 0.6 is 0 Å². The summed E-state index contributed by atoms with van der Waals surface area (Å²) < 4.78 is 0. The molecule has 15 heavy (non-hydrogen) atoms. The van der Waals surface area contributed by atoms with E-state index in [1.165, 1.54) is 16.7 Å². The van der Waals surface area contributed by atoms with Crippen molar-refractivity contribution in [3.05, 3.63) is 47.7 Å². The Labute approximate surface area is 92.5 Å². The van der Waals surface area contributed by atoms with Crippen molar-refractivity contribution in [1.29, 1.82) is 0 Å². The monoisotopic (exact) mass is 201 g/mol. The fourth-order valence-corrected chi connectivity index (χ4v) is 2.75. The topological polar surface area (TPSA) is 3.24 Å². The fourth-order valence-electron chi connectivity index (χ4n) is 2.75. The summed E-state index contributed by atoms with van der Waals surface area (Å²) in [5.41, 5.74) is 5.14. The highest BCUT2D eigenvalue weighted by atomic mass is 15.2. The van der Waals surface area contributed by atoms with Crippen LogP contribution in [0, 0.1) is 5.92 Å². The van der Waals surface area contributed by atoms with E-state index in [9.17, 15) is 0 Å². The third kappa shape index (κ3) is 1.16. The van der Waals surface area contributed by atoms with E-state index in [0.29, 0.717) is 5.92 Å². The van der Waals surface area contributed by atoms with E-state index >= 15 is 0 Å². The Balaban J connectivity index is 2.64. The molecule has 1 atom stereocenters. The van der Waals surface area contributed by atoms with Crippen molar-refractivity contribution in [3.63, 3.8) is 0 Å². The lowest BCUT2D eigenvalue weighted by molar-refractivity contribution is 0.214. The van der Waals surface area contributed by atoms with Gasteiger partial charge < -0.3 is 4.90 Å². The Bertz CT molecular complexity index is 407. The molecule has 1 unspecified atom stereocenters. The number of hydrogen-bond acceptors (Lipinski definition) is 1. The molecule has 0 saturated carbocycles. The molecule has 0 aromatic heterocycles. The lowest BCUT2D eigenvalue weighted by Crippen LogP contribution is -2.39. The third-order valence-corrected chi connectivity index (χ3v) is 3.92. The second-order valence-electron chi connectivity index (χ2n) is 5.10. The molecular formula is C14H19N. The van der Waals surface area contributed by atoms with Crippen molar-refractivity contribution < 1.29 is 0 Å². The quantitative estimate of drug-likeness (QED) is 0.581. The van der Waals surface area contributed by atoms with Crippen LogP contribution in [-0.4, -0.2) is 17.5 Å². The van der Waals surface area contributed by atoms with E-state index in [2.05, 4.69) is 58.0 Å². The number of hydrogen-bond donors (Lipinski definition) is 0. The minimum atomic E-state index is 0.0928. The van der Waals surface area contributed by atoms with Crippen LogP contribution < -0.4 is 0 Å². The predicted molar refractivity (Wildman–Crippen MR) is 65.5 cm³/mol. The first-order valence-corrected chi connectivity index (χ1v) is 5.38. The van der Waals surface area contributed by atoms with Crippen LogP contribution in [0.2, 0.25) is 0 Å². The Morgan fingerprint density at radius 2 is 1.87 bits per heavy atom. The molecule has 80 valence electrons. The fraction of sp³-hybridized carbons (Fsp3) is 0.429. The molecule has 2 rings (SSSR count). The van der Waals surface area contributed by atoms with E-state index < -0.39 is 0 Å². The molecule has 0 bridgehead atoms. The number of nitrogens with zero attached hydrogens (tertiary/aromatic N) is 1.